The van der Waals surface area contributed by atoms with Crippen molar-refractivity contribution in [1.82, 2.24) is 0 Å². The Morgan fingerprint density at radius 2 is 1.88 bits per heavy atom. The summed E-state index contributed by atoms with van der Waals surface area (Å²) < 4.78 is 26.1. The highest BCUT2D eigenvalue weighted by molar-refractivity contribution is 5.66. The van der Waals surface area contributed by atoms with E-state index in [2.05, 4.69) is 26.1 Å². The van der Waals surface area contributed by atoms with Gasteiger partial charge in [0.2, 0.25) is 0 Å². The van der Waals surface area contributed by atoms with Crippen LogP contribution in [0.1, 0.15) is 20.8 Å². The fraction of sp³-hybridized carbons (Fsp3) is 0.500. The van der Waals surface area contributed by atoms with Crippen molar-refractivity contribution < 1.29 is 8.78 Å². The topological polar surface area (TPSA) is 38.0 Å². The minimum Gasteiger partial charge on any atom is -0.395 e. The van der Waals surface area contributed by atoms with E-state index in [0.717, 1.165) is 6.07 Å². The number of rotatable bonds is 4. The summed E-state index contributed by atoms with van der Waals surface area (Å²) in [5.74, 6) is -0.427. The van der Waals surface area contributed by atoms with Crippen LogP contribution in [0.5, 0.6) is 0 Å². The SMILES string of the molecule is CC(C)C(C)CNc1cc(F)cc(F)c1N. The second-order valence-electron chi connectivity index (χ2n) is 4.45. The van der Waals surface area contributed by atoms with E-state index in [0.29, 0.717) is 24.1 Å². The van der Waals surface area contributed by atoms with Gasteiger partial charge in [0, 0.05) is 12.6 Å². The Balaban J connectivity index is 2.74. The largest absolute Gasteiger partial charge is 0.395 e. The Morgan fingerprint density at radius 3 is 2.44 bits per heavy atom. The van der Waals surface area contributed by atoms with Gasteiger partial charge < -0.3 is 11.1 Å². The van der Waals surface area contributed by atoms with Crippen LogP contribution in [0.25, 0.3) is 0 Å². The normalized spacial score (nSPS) is 12.9. The van der Waals surface area contributed by atoms with E-state index >= 15 is 0 Å². The molecule has 0 saturated carbocycles. The van der Waals surface area contributed by atoms with Gasteiger partial charge in [0.05, 0.1) is 11.4 Å². The summed E-state index contributed by atoms with van der Waals surface area (Å²) in [7, 11) is 0. The molecule has 0 fully saturated rings. The predicted molar refractivity (Wildman–Crippen MR) is 63.3 cm³/mol. The monoisotopic (exact) mass is 228 g/mol. The van der Waals surface area contributed by atoms with Gasteiger partial charge in [-0.1, -0.05) is 20.8 Å². The quantitative estimate of drug-likeness (QED) is 0.776. The molecule has 0 aliphatic heterocycles. The first kappa shape index (κ1) is 12.7. The zero-order valence-corrected chi connectivity index (χ0v) is 9.85. The van der Waals surface area contributed by atoms with Crippen LogP contribution in [-0.4, -0.2) is 6.54 Å². The molecule has 0 heterocycles. The van der Waals surface area contributed by atoms with Gasteiger partial charge in [0.15, 0.2) is 5.82 Å². The average Bonchev–Trinajstić information content (AvgIpc) is 2.20. The average molecular weight is 228 g/mol. The molecular weight excluding hydrogens is 210 g/mol. The molecule has 1 aromatic rings. The van der Waals surface area contributed by atoms with Crippen molar-refractivity contribution in [3.63, 3.8) is 0 Å². The first-order valence-corrected chi connectivity index (χ1v) is 5.40. The Morgan fingerprint density at radius 1 is 1.25 bits per heavy atom. The first-order valence-electron chi connectivity index (χ1n) is 5.40. The van der Waals surface area contributed by atoms with Crippen molar-refractivity contribution in [3.8, 4) is 0 Å². The molecular formula is C12H18F2N2. The van der Waals surface area contributed by atoms with Gasteiger partial charge in [0.25, 0.3) is 0 Å². The molecule has 0 spiro atoms. The number of hydrogen-bond donors (Lipinski definition) is 2. The lowest BCUT2D eigenvalue weighted by Gasteiger charge is -2.18. The second kappa shape index (κ2) is 5.14. The molecule has 2 nitrogen and oxygen atoms in total. The lowest BCUT2D eigenvalue weighted by atomic mass is 9.98. The summed E-state index contributed by atoms with van der Waals surface area (Å²) in [6, 6.07) is 2.00. The number of nitrogens with two attached hydrogens (primary N) is 1. The van der Waals surface area contributed by atoms with Gasteiger partial charge in [-0.25, -0.2) is 8.78 Å². The molecule has 0 radical (unpaired) electrons. The van der Waals surface area contributed by atoms with E-state index in [-0.39, 0.29) is 5.69 Å². The summed E-state index contributed by atoms with van der Waals surface area (Å²) in [5.41, 5.74) is 5.80. The van der Waals surface area contributed by atoms with Crippen LogP contribution in [0.4, 0.5) is 20.2 Å². The molecule has 0 bridgehead atoms. The fourth-order valence-corrected chi connectivity index (χ4v) is 1.24. The molecule has 1 atom stereocenters. The number of hydrogen-bond acceptors (Lipinski definition) is 2. The van der Waals surface area contributed by atoms with Crippen molar-refractivity contribution >= 4 is 11.4 Å². The smallest absolute Gasteiger partial charge is 0.151 e. The highest BCUT2D eigenvalue weighted by Gasteiger charge is 2.10. The third-order valence-corrected chi connectivity index (χ3v) is 2.85. The van der Waals surface area contributed by atoms with Crippen molar-refractivity contribution in [2.75, 3.05) is 17.6 Å². The zero-order valence-electron chi connectivity index (χ0n) is 9.85. The lowest BCUT2D eigenvalue weighted by Crippen LogP contribution is -2.17. The second-order valence-corrected chi connectivity index (χ2v) is 4.45. The molecule has 1 unspecified atom stereocenters. The Kier molecular flexibility index (Phi) is 4.10. The van der Waals surface area contributed by atoms with Gasteiger partial charge in [0.1, 0.15) is 5.82 Å². The maximum atomic E-state index is 13.1. The molecule has 16 heavy (non-hydrogen) atoms. The lowest BCUT2D eigenvalue weighted by molar-refractivity contribution is 0.439. The molecule has 0 amide bonds. The van der Waals surface area contributed by atoms with Gasteiger partial charge >= 0.3 is 0 Å². The molecule has 0 aliphatic rings. The zero-order chi connectivity index (χ0) is 12.3. The van der Waals surface area contributed by atoms with Crippen LogP contribution in [0.3, 0.4) is 0 Å². The fourth-order valence-electron chi connectivity index (χ4n) is 1.24. The van der Waals surface area contributed by atoms with E-state index < -0.39 is 11.6 Å². The Hall–Kier alpha value is -1.32. The minimum absolute atomic E-state index is 0.0302. The first-order chi connectivity index (χ1) is 7.41. The van der Waals surface area contributed by atoms with E-state index in [9.17, 15) is 8.78 Å². The number of halogens is 2. The molecule has 1 rings (SSSR count). The highest BCUT2D eigenvalue weighted by atomic mass is 19.1. The van der Waals surface area contributed by atoms with Gasteiger partial charge in [-0.2, -0.15) is 0 Å². The van der Waals surface area contributed by atoms with Crippen molar-refractivity contribution in [2.24, 2.45) is 11.8 Å². The van der Waals surface area contributed by atoms with Crippen LogP contribution in [0.2, 0.25) is 0 Å². The maximum Gasteiger partial charge on any atom is 0.151 e. The summed E-state index contributed by atoms with van der Waals surface area (Å²) in [5, 5.41) is 2.97. The molecule has 1 aromatic carbocycles. The summed E-state index contributed by atoms with van der Waals surface area (Å²) >= 11 is 0. The van der Waals surface area contributed by atoms with Crippen LogP contribution < -0.4 is 11.1 Å². The van der Waals surface area contributed by atoms with Crippen LogP contribution in [0, 0.1) is 23.5 Å². The van der Waals surface area contributed by atoms with Gasteiger partial charge in [-0.05, 0) is 17.9 Å². The predicted octanol–water partition coefficient (Wildman–Crippen LogP) is 3.25. The minimum atomic E-state index is -0.722. The van der Waals surface area contributed by atoms with Crippen molar-refractivity contribution in [3.05, 3.63) is 23.8 Å². The third-order valence-electron chi connectivity index (χ3n) is 2.85. The Bertz CT molecular complexity index is 364. The van der Waals surface area contributed by atoms with E-state index in [4.69, 9.17) is 5.73 Å². The number of nitrogens with one attached hydrogen (secondary N) is 1. The number of benzene rings is 1. The van der Waals surface area contributed by atoms with E-state index in [1.165, 1.54) is 6.07 Å². The van der Waals surface area contributed by atoms with Crippen molar-refractivity contribution in [1.29, 1.82) is 0 Å². The van der Waals surface area contributed by atoms with E-state index in [1.54, 1.807) is 0 Å². The van der Waals surface area contributed by atoms with Crippen LogP contribution in [0.15, 0.2) is 12.1 Å². The summed E-state index contributed by atoms with van der Waals surface area (Å²) in [4.78, 5) is 0. The summed E-state index contributed by atoms with van der Waals surface area (Å²) in [6.07, 6.45) is 0. The standard InChI is InChI=1S/C12H18F2N2/c1-7(2)8(3)6-16-11-5-9(13)4-10(14)12(11)15/h4-5,7-8,16H,6,15H2,1-3H3. The Labute approximate surface area is 94.8 Å². The molecule has 3 N–H and O–H groups in total. The molecule has 0 aliphatic carbocycles. The van der Waals surface area contributed by atoms with E-state index in [1.807, 2.05) is 0 Å². The molecule has 90 valence electrons. The highest BCUT2D eigenvalue weighted by Crippen LogP contribution is 2.24. The van der Waals surface area contributed by atoms with Crippen LogP contribution >= 0.6 is 0 Å². The molecule has 4 heteroatoms. The molecule has 0 saturated heterocycles. The van der Waals surface area contributed by atoms with Gasteiger partial charge in [-0.15, -0.1) is 0 Å². The number of anilines is 2. The molecule has 0 aromatic heterocycles. The van der Waals surface area contributed by atoms with Crippen LogP contribution in [-0.2, 0) is 0 Å². The van der Waals surface area contributed by atoms with Gasteiger partial charge in [-0.3, -0.25) is 0 Å². The number of nitrogen functional groups attached to an aromatic ring is 1. The maximum absolute atomic E-state index is 13.1. The third kappa shape index (κ3) is 3.08. The summed E-state index contributed by atoms with van der Waals surface area (Å²) in [6.45, 7) is 6.91. The van der Waals surface area contributed by atoms with Crippen molar-refractivity contribution in [2.45, 2.75) is 20.8 Å².